The molecule has 32 heavy (non-hydrogen) atoms. The summed E-state index contributed by atoms with van der Waals surface area (Å²) in [4.78, 5) is 26.4. The van der Waals surface area contributed by atoms with Crippen LogP contribution in [0, 0.1) is 0 Å². The first kappa shape index (κ1) is 21.7. The quantitative estimate of drug-likeness (QED) is 0.683. The molecule has 0 amide bonds. The van der Waals surface area contributed by atoms with E-state index >= 15 is 0 Å². The maximum Gasteiger partial charge on any atom is 0.336 e. The van der Waals surface area contributed by atoms with E-state index in [9.17, 15) is 14.7 Å². The maximum atomic E-state index is 13.5. The molecule has 166 valence electrons. The van der Waals surface area contributed by atoms with Crippen molar-refractivity contribution >= 4 is 11.8 Å². The number of dihydropyridines is 1. The summed E-state index contributed by atoms with van der Waals surface area (Å²) < 4.78 is 10.8. The summed E-state index contributed by atoms with van der Waals surface area (Å²) in [5.41, 5.74) is 4.10. The Labute approximate surface area is 187 Å². The number of phenols is 1. The van der Waals surface area contributed by atoms with Gasteiger partial charge in [0.05, 0.1) is 19.3 Å². The molecular weight excluding hydrogens is 406 g/mol. The molecule has 6 heteroatoms. The molecule has 1 aliphatic carbocycles. The van der Waals surface area contributed by atoms with Crippen LogP contribution in [0.4, 0.5) is 0 Å². The van der Waals surface area contributed by atoms with Crippen LogP contribution in [0.2, 0.25) is 0 Å². The van der Waals surface area contributed by atoms with Crippen molar-refractivity contribution in [1.82, 2.24) is 5.32 Å². The molecule has 0 aromatic heterocycles. The number of methoxy groups -OCH3 is 1. The zero-order chi connectivity index (χ0) is 22.8. The van der Waals surface area contributed by atoms with E-state index in [1.807, 2.05) is 37.3 Å². The second kappa shape index (κ2) is 8.91. The largest absolute Gasteiger partial charge is 0.508 e. The smallest absolute Gasteiger partial charge is 0.336 e. The van der Waals surface area contributed by atoms with Gasteiger partial charge in [0.2, 0.25) is 0 Å². The van der Waals surface area contributed by atoms with Gasteiger partial charge >= 0.3 is 5.97 Å². The molecule has 2 aromatic rings. The van der Waals surface area contributed by atoms with Crippen LogP contribution in [-0.4, -0.2) is 30.6 Å². The number of ether oxygens (including phenoxy) is 2. The minimum Gasteiger partial charge on any atom is -0.508 e. The SMILES string of the molecule is CCOC(=O)C1=C(C)NC2=C(C(=O)CC(c3ccccc3OC)C2)C1c1cccc(O)c1. The molecule has 2 atom stereocenters. The fourth-order valence-corrected chi connectivity index (χ4v) is 4.78. The molecule has 2 aliphatic rings. The maximum absolute atomic E-state index is 13.5. The first-order valence-corrected chi connectivity index (χ1v) is 10.8. The van der Waals surface area contributed by atoms with E-state index in [1.165, 1.54) is 0 Å². The molecule has 0 fully saturated rings. The van der Waals surface area contributed by atoms with Crippen molar-refractivity contribution in [2.75, 3.05) is 13.7 Å². The molecule has 1 heterocycles. The van der Waals surface area contributed by atoms with Gasteiger partial charge in [0.25, 0.3) is 0 Å². The van der Waals surface area contributed by atoms with Gasteiger partial charge in [0.1, 0.15) is 11.5 Å². The Morgan fingerprint density at radius 2 is 1.94 bits per heavy atom. The van der Waals surface area contributed by atoms with Crippen LogP contribution in [0.15, 0.2) is 71.1 Å². The van der Waals surface area contributed by atoms with Crippen LogP contribution in [0.25, 0.3) is 0 Å². The van der Waals surface area contributed by atoms with Crippen LogP contribution in [0.1, 0.15) is 49.7 Å². The fourth-order valence-electron chi connectivity index (χ4n) is 4.78. The highest BCUT2D eigenvalue weighted by atomic mass is 16.5. The zero-order valence-electron chi connectivity index (χ0n) is 18.5. The number of aromatic hydroxyl groups is 1. The van der Waals surface area contributed by atoms with Gasteiger partial charge in [0, 0.05) is 35.2 Å². The van der Waals surface area contributed by atoms with Gasteiger partial charge in [-0.15, -0.1) is 0 Å². The number of benzene rings is 2. The van der Waals surface area contributed by atoms with Crippen LogP contribution in [0.3, 0.4) is 0 Å². The Hall–Kier alpha value is -3.54. The highest BCUT2D eigenvalue weighted by Crippen LogP contribution is 2.47. The number of hydrogen-bond donors (Lipinski definition) is 2. The molecule has 0 spiro atoms. The number of hydrogen-bond acceptors (Lipinski definition) is 6. The second-order valence-corrected chi connectivity index (χ2v) is 8.07. The number of rotatable bonds is 5. The fraction of sp³-hybridized carbons (Fsp3) is 0.308. The van der Waals surface area contributed by atoms with E-state index < -0.39 is 11.9 Å². The molecule has 2 unspecified atom stereocenters. The summed E-state index contributed by atoms with van der Waals surface area (Å²) in [7, 11) is 1.63. The summed E-state index contributed by atoms with van der Waals surface area (Å²) in [5.74, 6) is -0.280. The number of carbonyl (C=O) groups excluding carboxylic acids is 2. The predicted octanol–water partition coefficient (Wildman–Crippen LogP) is 4.33. The lowest BCUT2D eigenvalue weighted by molar-refractivity contribution is -0.138. The molecule has 1 aliphatic heterocycles. The van der Waals surface area contributed by atoms with Crippen molar-refractivity contribution < 1.29 is 24.2 Å². The number of phenolic OH excluding ortho intramolecular Hbond substituents is 1. The van der Waals surface area contributed by atoms with E-state index in [-0.39, 0.29) is 24.1 Å². The minimum absolute atomic E-state index is 0.0303. The van der Waals surface area contributed by atoms with Crippen molar-refractivity contribution in [2.45, 2.75) is 38.5 Å². The lowest BCUT2D eigenvalue weighted by Gasteiger charge is -2.37. The monoisotopic (exact) mass is 433 g/mol. The van der Waals surface area contributed by atoms with Crippen LogP contribution >= 0.6 is 0 Å². The first-order chi connectivity index (χ1) is 15.4. The highest BCUT2D eigenvalue weighted by Gasteiger charge is 2.41. The summed E-state index contributed by atoms with van der Waals surface area (Å²) in [6, 6.07) is 14.5. The number of allylic oxidation sites excluding steroid dienone is 3. The van der Waals surface area contributed by atoms with Crippen LogP contribution in [0.5, 0.6) is 11.5 Å². The summed E-state index contributed by atoms with van der Waals surface area (Å²) in [6.07, 6.45) is 0.926. The average molecular weight is 434 g/mol. The molecule has 0 saturated carbocycles. The van der Waals surface area contributed by atoms with E-state index in [4.69, 9.17) is 9.47 Å². The molecule has 6 nitrogen and oxygen atoms in total. The summed E-state index contributed by atoms with van der Waals surface area (Å²) in [6.45, 7) is 3.81. The predicted molar refractivity (Wildman–Crippen MR) is 120 cm³/mol. The number of esters is 1. The topological polar surface area (TPSA) is 84.9 Å². The van der Waals surface area contributed by atoms with Crippen molar-refractivity contribution in [2.24, 2.45) is 0 Å². The van der Waals surface area contributed by atoms with Crippen molar-refractivity contribution in [1.29, 1.82) is 0 Å². The highest BCUT2D eigenvalue weighted by molar-refractivity contribution is 6.04. The third-order valence-electron chi connectivity index (χ3n) is 6.11. The average Bonchev–Trinajstić information content (AvgIpc) is 2.78. The van der Waals surface area contributed by atoms with E-state index in [0.29, 0.717) is 35.2 Å². The van der Waals surface area contributed by atoms with Gasteiger partial charge in [-0.25, -0.2) is 4.79 Å². The van der Waals surface area contributed by atoms with Crippen LogP contribution < -0.4 is 10.1 Å². The van der Waals surface area contributed by atoms with Gasteiger partial charge < -0.3 is 19.9 Å². The molecule has 0 saturated heterocycles. The van der Waals surface area contributed by atoms with Crippen LogP contribution in [-0.2, 0) is 14.3 Å². The van der Waals surface area contributed by atoms with Crippen molar-refractivity contribution in [3.63, 3.8) is 0 Å². The molecule has 2 N–H and O–H groups in total. The van der Waals surface area contributed by atoms with Gasteiger partial charge in [-0.1, -0.05) is 30.3 Å². The third-order valence-corrected chi connectivity index (χ3v) is 6.11. The number of para-hydroxylation sites is 1. The number of ketones is 1. The Bertz CT molecular complexity index is 1130. The summed E-state index contributed by atoms with van der Waals surface area (Å²) >= 11 is 0. The Morgan fingerprint density at radius 3 is 2.66 bits per heavy atom. The molecular formula is C26H27NO5. The standard InChI is InChI=1S/C26H27NO5/c1-4-32-26(30)23-15(2)27-20-13-17(19-10-5-6-11-22(19)31-3)14-21(29)25(20)24(23)16-8-7-9-18(28)12-16/h5-12,17,24,27-28H,4,13-14H2,1-3H3. The van der Waals surface area contributed by atoms with E-state index in [0.717, 1.165) is 17.0 Å². The van der Waals surface area contributed by atoms with Gasteiger partial charge in [-0.05, 0) is 49.6 Å². The Morgan fingerprint density at radius 1 is 1.16 bits per heavy atom. The first-order valence-electron chi connectivity index (χ1n) is 10.8. The Balaban J connectivity index is 1.81. The van der Waals surface area contributed by atoms with Gasteiger partial charge in [0.15, 0.2) is 5.78 Å². The normalized spacial score (nSPS) is 20.5. The third kappa shape index (κ3) is 3.88. The van der Waals surface area contributed by atoms with E-state index in [2.05, 4.69) is 5.32 Å². The van der Waals surface area contributed by atoms with Crippen molar-refractivity contribution in [3.05, 3.63) is 82.2 Å². The van der Waals surface area contributed by atoms with Crippen molar-refractivity contribution in [3.8, 4) is 11.5 Å². The molecule has 4 rings (SSSR count). The number of nitrogens with one attached hydrogen (secondary N) is 1. The molecule has 2 aromatic carbocycles. The molecule has 0 bridgehead atoms. The van der Waals surface area contributed by atoms with E-state index in [1.54, 1.807) is 32.2 Å². The number of Topliss-reactive ketones (excluding diaryl/α,β-unsaturated/α-hetero) is 1. The lowest BCUT2D eigenvalue weighted by atomic mass is 9.71. The molecule has 0 radical (unpaired) electrons. The minimum atomic E-state index is -0.594. The zero-order valence-corrected chi connectivity index (χ0v) is 18.5. The summed E-state index contributed by atoms with van der Waals surface area (Å²) in [5, 5.41) is 13.4. The van der Waals surface area contributed by atoms with Gasteiger partial charge in [-0.3, -0.25) is 4.79 Å². The lowest BCUT2D eigenvalue weighted by Crippen LogP contribution is -2.36. The number of carbonyl (C=O) groups is 2. The second-order valence-electron chi connectivity index (χ2n) is 8.07. The van der Waals surface area contributed by atoms with Gasteiger partial charge in [-0.2, -0.15) is 0 Å². The Kier molecular flexibility index (Phi) is 6.04.